The molecule has 1 atom stereocenters. The molecule has 3 rings (SSSR count). The zero-order chi connectivity index (χ0) is 15.5. The number of carbonyl (C=O) groups excluding carboxylic acids is 1. The second-order valence-corrected chi connectivity index (χ2v) is 6.42. The number of nitrogens with zero attached hydrogens (tertiary/aromatic N) is 3. The van der Waals surface area contributed by atoms with Crippen molar-refractivity contribution in [2.24, 2.45) is 0 Å². The summed E-state index contributed by atoms with van der Waals surface area (Å²) < 4.78 is 5.15. The van der Waals surface area contributed by atoms with Gasteiger partial charge in [0.2, 0.25) is 11.0 Å². The summed E-state index contributed by atoms with van der Waals surface area (Å²) in [6, 6.07) is 7.84. The Bertz CT molecular complexity index is 656. The Morgan fingerprint density at radius 3 is 2.73 bits per heavy atom. The van der Waals surface area contributed by atoms with Gasteiger partial charge in [-0.05, 0) is 31.0 Å². The zero-order valence-corrected chi connectivity index (χ0v) is 13.4. The van der Waals surface area contributed by atoms with Crippen LogP contribution < -0.4 is 10.1 Å². The number of carbonyl (C=O) groups is 1. The van der Waals surface area contributed by atoms with Crippen LogP contribution in [0.1, 0.15) is 17.0 Å². The Balaban J connectivity index is 1.57. The van der Waals surface area contributed by atoms with Crippen molar-refractivity contribution in [3.63, 3.8) is 0 Å². The van der Waals surface area contributed by atoms with Crippen LogP contribution in [-0.2, 0) is 11.3 Å². The molecule has 0 unspecified atom stereocenters. The highest BCUT2D eigenvalue weighted by Gasteiger charge is 2.34. The second-order valence-electron chi connectivity index (χ2n) is 5.24. The number of hydrogen-bond acceptors (Lipinski definition) is 6. The summed E-state index contributed by atoms with van der Waals surface area (Å²) in [4.78, 5) is 14.4. The molecule has 1 amide bonds. The summed E-state index contributed by atoms with van der Waals surface area (Å²) in [7, 11) is 1.65. The Kier molecular flexibility index (Phi) is 4.35. The number of aryl methyl sites for hydroxylation is 1. The molecule has 0 bridgehead atoms. The number of rotatable bonds is 5. The van der Waals surface area contributed by atoms with Crippen molar-refractivity contribution in [1.29, 1.82) is 0 Å². The molecule has 1 aromatic heterocycles. The smallest absolute Gasteiger partial charge is 0.243 e. The molecule has 2 heterocycles. The predicted molar refractivity (Wildman–Crippen MR) is 85.1 cm³/mol. The van der Waals surface area contributed by atoms with Gasteiger partial charge in [0.15, 0.2) is 0 Å². The number of ether oxygens (including phenoxy) is 1. The number of benzene rings is 1. The van der Waals surface area contributed by atoms with Gasteiger partial charge >= 0.3 is 0 Å². The van der Waals surface area contributed by atoms with Gasteiger partial charge in [-0.25, -0.2) is 0 Å². The van der Waals surface area contributed by atoms with Gasteiger partial charge in [0, 0.05) is 13.1 Å². The topological polar surface area (TPSA) is 67.3 Å². The summed E-state index contributed by atoms with van der Waals surface area (Å²) in [5.41, 5.74) is 1.17. The van der Waals surface area contributed by atoms with Gasteiger partial charge in [-0.3, -0.25) is 15.0 Å². The summed E-state index contributed by atoms with van der Waals surface area (Å²) in [6.07, 6.45) is 0.875. The van der Waals surface area contributed by atoms with Gasteiger partial charge in [0.1, 0.15) is 10.8 Å². The standard InChI is InChI=1S/C15H18N4O2S/c1-10-17-18-15(22-10)16-14(20)13-7-8-19(13)9-11-3-5-12(21-2)6-4-11/h3-6,13H,7-9H2,1-2H3,(H,16,18,20)/t13-/m0/s1. The average molecular weight is 318 g/mol. The normalized spacial score (nSPS) is 17.8. The third kappa shape index (κ3) is 3.26. The van der Waals surface area contributed by atoms with E-state index in [9.17, 15) is 4.79 Å². The second kappa shape index (κ2) is 6.41. The van der Waals surface area contributed by atoms with Crippen molar-refractivity contribution >= 4 is 22.4 Å². The van der Waals surface area contributed by atoms with E-state index in [4.69, 9.17) is 4.74 Å². The van der Waals surface area contributed by atoms with Gasteiger partial charge in [0.05, 0.1) is 13.2 Å². The van der Waals surface area contributed by atoms with Gasteiger partial charge < -0.3 is 4.74 Å². The first-order valence-corrected chi connectivity index (χ1v) is 7.95. The summed E-state index contributed by atoms with van der Waals surface area (Å²) in [5.74, 6) is 0.837. The van der Waals surface area contributed by atoms with E-state index in [-0.39, 0.29) is 11.9 Å². The number of aromatic nitrogens is 2. The lowest BCUT2D eigenvalue weighted by Gasteiger charge is -2.39. The maximum Gasteiger partial charge on any atom is 0.243 e. The van der Waals surface area contributed by atoms with Crippen molar-refractivity contribution in [2.45, 2.75) is 25.9 Å². The number of methoxy groups -OCH3 is 1. The monoisotopic (exact) mass is 318 g/mol. The molecule has 116 valence electrons. The van der Waals surface area contributed by atoms with E-state index >= 15 is 0 Å². The summed E-state index contributed by atoms with van der Waals surface area (Å²) >= 11 is 1.39. The summed E-state index contributed by atoms with van der Waals surface area (Å²) in [5, 5.41) is 12.1. The molecule has 1 aromatic carbocycles. The fourth-order valence-corrected chi connectivity index (χ4v) is 3.02. The molecule has 0 spiro atoms. The first-order valence-electron chi connectivity index (χ1n) is 7.13. The van der Waals surface area contributed by atoms with E-state index in [2.05, 4.69) is 20.4 Å². The maximum atomic E-state index is 12.3. The number of likely N-dealkylation sites (tertiary alicyclic amines) is 1. The summed E-state index contributed by atoms with van der Waals surface area (Å²) in [6.45, 7) is 3.56. The largest absolute Gasteiger partial charge is 0.497 e. The van der Waals surface area contributed by atoms with Crippen molar-refractivity contribution < 1.29 is 9.53 Å². The van der Waals surface area contributed by atoms with Crippen molar-refractivity contribution in [3.05, 3.63) is 34.8 Å². The molecule has 7 heteroatoms. The molecular formula is C15H18N4O2S. The van der Waals surface area contributed by atoms with Crippen LogP contribution in [0.2, 0.25) is 0 Å². The molecule has 1 N–H and O–H groups in total. The van der Waals surface area contributed by atoms with Gasteiger partial charge in [-0.1, -0.05) is 23.5 Å². The first kappa shape index (κ1) is 14.9. The molecule has 1 saturated heterocycles. The quantitative estimate of drug-likeness (QED) is 0.914. The first-order chi connectivity index (χ1) is 10.7. The van der Waals surface area contributed by atoms with Crippen molar-refractivity contribution in [2.75, 3.05) is 19.0 Å². The molecule has 6 nitrogen and oxygen atoms in total. The fourth-order valence-electron chi connectivity index (χ4n) is 2.43. The van der Waals surface area contributed by atoms with Gasteiger partial charge in [-0.2, -0.15) is 0 Å². The third-order valence-electron chi connectivity index (χ3n) is 3.73. The van der Waals surface area contributed by atoms with E-state index in [1.807, 2.05) is 31.2 Å². The SMILES string of the molecule is COc1ccc(CN2CC[C@H]2C(=O)Nc2nnc(C)s2)cc1. The van der Waals surface area contributed by atoms with E-state index in [0.717, 1.165) is 30.3 Å². The van der Waals surface area contributed by atoms with E-state index < -0.39 is 0 Å². The number of anilines is 1. The van der Waals surface area contributed by atoms with E-state index in [0.29, 0.717) is 5.13 Å². The van der Waals surface area contributed by atoms with Crippen LogP contribution in [0.4, 0.5) is 5.13 Å². The molecule has 0 saturated carbocycles. The Morgan fingerprint density at radius 1 is 1.41 bits per heavy atom. The molecule has 1 aliphatic heterocycles. The van der Waals surface area contributed by atoms with Crippen LogP contribution in [0, 0.1) is 6.92 Å². The lowest BCUT2D eigenvalue weighted by molar-refractivity contribution is -0.125. The molecule has 1 aliphatic rings. The zero-order valence-electron chi connectivity index (χ0n) is 12.6. The third-order valence-corrected chi connectivity index (χ3v) is 4.49. The highest BCUT2D eigenvalue weighted by molar-refractivity contribution is 7.15. The van der Waals surface area contributed by atoms with Crippen molar-refractivity contribution in [3.8, 4) is 5.75 Å². The minimum absolute atomic E-state index is 0.00379. The van der Waals surface area contributed by atoms with E-state index in [1.165, 1.54) is 16.9 Å². The minimum atomic E-state index is -0.0914. The Morgan fingerprint density at radius 2 is 2.18 bits per heavy atom. The highest BCUT2D eigenvalue weighted by Crippen LogP contribution is 2.23. The number of hydrogen-bond donors (Lipinski definition) is 1. The van der Waals surface area contributed by atoms with Crippen LogP contribution >= 0.6 is 11.3 Å². The fraction of sp³-hybridized carbons (Fsp3) is 0.400. The maximum absolute atomic E-state index is 12.3. The lowest BCUT2D eigenvalue weighted by Crippen LogP contribution is -2.53. The average Bonchev–Trinajstić information content (AvgIpc) is 2.89. The predicted octanol–water partition coefficient (Wildman–Crippen LogP) is 2.07. The molecule has 0 radical (unpaired) electrons. The molecule has 1 fully saturated rings. The van der Waals surface area contributed by atoms with Gasteiger partial charge in [-0.15, -0.1) is 10.2 Å². The molecule has 2 aromatic rings. The van der Waals surface area contributed by atoms with Crippen LogP contribution in [-0.4, -0.2) is 40.7 Å². The van der Waals surface area contributed by atoms with Gasteiger partial charge in [0.25, 0.3) is 0 Å². The van der Waals surface area contributed by atoms with Crippen molar-refractivity contribution in [1.82, 2.24) is 15.1 Å². The minimum Gasteiger partial charge on any atom is -0.497 e. The lowest BCUT2D eigenvalue weighted by atomic mass is 10.0. The molecular weight excluding hydrogens is 300 g/mol. The molecule has 0 aliphatic carbocycles. The number of nitrogens with one attached hydrogen (secondary N) is 1. The molecule has 22 heavy (non-hydrogen) atoms. The van der Waals surface area contributed by atoms with Crippen LogP contribution in [0.5, 0.6) is 5.75 Å². The Labute approximate surface area is 133 Å². The van der Waals surface area contributed by atoms with E-state index in [1.54, 1.807) is 7.11 Å². The highest BCUT2D eigenvalue weighted by atomic mass is 32.1. The van der Waals surface area contributed by atoms with Crippen LogP contribution in [0.3, 0.4) is 0 Å². The Hall–Kier alpha value is -1.99. The van der Waals surface area contributed by atoms with Crippen LogP contribution in [0.25, 0.3) is 0 Å². The van der Waals surface area contributed by atoms with Crippen LogP contribution in [0.15, 0.2) is 24.3 Å². The number of amides is 1.